The number of likely N-dealkylation sites (N-methyl/N-ethyl adjacent to an activating group) is 1. The van der Waals surface area contributed by atoms with Gasteiger partial charge in [-0.3, -0.25) is 9.36 Å². The number of fused-ring (bicyclic) bond motifs is 1. The van der Waals surface area contributed by atoms with Crippen molar-refractivity contribution in [2.24, 2.45) is 0 Å². The standard InChI is InChI=1S/C21H23N7O2S.2ClH/c1-22-15-11-27(12-16(15)30-2)18-4-3-14-19(29)13(9-17-23-5-6-24-17)10-28(20(14)26-18)21-25-7-8-31-21;;/h3-8,10,15-16,22H,9,11-12H2,1-2H3,(H,23,24);2*1H/t15-,16-;;/m0../s1. The van der Waals surface area contributed by atoms with Crippen LogP contribution in [0.3, 0.4) is 0 Å². The van der Waals surface area contributed by atoms with Gasteiger partial charge in [-0.2, -0.15) is 0 Å². The Bertz CT molecular complexity index is 1240. The first-order valence-corrected chi connectivity index (χ1v) is 10.9. The number of aromatic nitrogens is 5. The maximum atomic E-state index is 13.3. The number of imidazole rings is 1. The minimum Gasteiger partial charge on any atom is -0.378 e. The van der Waals surface area contributed by atoms with Crippen LogP contribution < -0.4 is 15.6 Å². The Morgan fingerprint density at radius 2 is 2.09 bits per heavy atom. The Morgan fingerprint density at radius 3 is 2.73 bits per heavy atom. The molecule has 0 aliphatic carbocycles. The zero-order valence-corrected chi connectivity index (χ0v) is 20.5. The molecule has 5 heterocycles. The molecule has 0 bridgehead atoms. The van der Waals surface area contributed by atoms with E-state index in [0.29, 0.717) is 23.0 Å². The third-order valence-corrected chi connectivity index (χ3v) is 6.48. The molecule has 0 radical (unpaired) electrons. The van der Waals surface area contributed by atoms with Gasteiger partial charge in [0.25, 0.3) is 0 Å². The average Bonchev–Trinajstić information content (AvgIpc) is 3.56. The van der Waals surface area contributed by atoms with Crippen LogP contribution in [0.4, 0.5) is 5.82 Å². The number of hydrogen-bond acceptors (Lipinski definition) is 8. The molecule has 0 amide bonds. The summed E-state index contributed by atoms with van der Waals surface area (Å²) in [5.74, 6) is 1.56. The fourth-order valence-electron chi connectivity index (χ4n) is 4.08. The molecule has 2 N–H and O–H groups in total. The van der Waals surface area contributed by atoms with Crippen LogP contribution in [0.5, 0.6) is 0 Å². The van der Waals surface area contributed by atoms with E-state index in [9.17, 15) is 4.79 Å². The second-order valence-corrected chi connectivity index (χ2v) is 8.37. The van der Waals surface area contributed by atoms with Crippen molar-refractivity contribution in [2.75, 3.05) is 32.1 Å². The van der Waals surface area contributed by atoms with Crippen molar-refractivity contribution < 1.29 is 4.74 Å². The number of ether oxygens (including phenoxy) is 1. The van der Waals surface area contributed by atoms with Crippen molar-refractivity contribution in [2.45, 2.75) is 18.6 Å². The highest BCUT2D eigenvalue weighted by Crippen LogP contribution is 2.25. The number of rotatable bonds is 6. The number of pyridine rings is 2. The van der Waals surface area contributed by atoms with Gasteiger partial charge < -0.3 is 19.9 Å². The molecular formula is C21H25Cl2N7O2S. The van der Waals surface area contributed by atoms with Crippen LogP contribution in [0.15, 0.2) is 47.1 Å². The molecule has 9 nitrogen and oxygen atoms in total. The Kier molecular flexibility index (Phi) is 8.09. The van der Waals surface area contributed by atoms with Gasteiger partial charge >= 0.3 is 0 Å². The minimum atomic E-state index is -0.0393. The fourth-order valence-corrected chi connectivity index (χ4v) is 4.70. The van der Waals surface area contributed by atoms with Crippen LogP contribution in [0.2, 0.25) is 0 Å². The first-order chi connectivity index (χ1) is 15.2. The highest BCUT2D eigenvalue weighted by Gasteiger charge is 2.32. The van der Waals surface area contributed by atoms with E-state index >= 15 is 0 Å². The Balaban J connectivity index is 0.00000153. The monoisotopic (exact) mass is 509 g/mol. The second kappa shape index (κ2) is 10.6. The van der Waals surface area contributed by atoms with Gasteiger partial charge in [-0.25, -0.2) is 15.0 Å². The number of hydrogen-bond donors (Lipinski definition) is 2. The number of methoxy groups -OCH3 is 1. The molecule has 0 spiro atoms. The van der Waals surface area contributed by atoms with E-state index in [1.165, 1.54) is 11.3 Å². The fraction of sp³-hybridized carbons (Fsp3) is 0.333. The van der Waals surface area contributed by atoms with Crippen LogP contribution in [-0.4, -0.2) is 63.9 Å². The van der Waals surface area contributed by atoms with Gasteiger partial charge in [0.1, 0.15) is 11.6 Å². The minimum absolute atomic E-state index is 0. The lowest BCUT2D eigenvalue weighted by atomic mass is 10.1. The molecule has 5 rings (SSSR count). The van der Waals surface area contributed by atoms with Crippen molar-refractivity contribution in [1.82, 2.24) is 29.8 Å². The molecule has 0 saturated carbocycles. The summed E-state index contributed by atoms with van der Waals surface area (Å²) in [6, 6.07) is 4.00. The van der Waals surface area contributed by atoms with Crippen LogP contribution in [0.25, 0.3) is 16.2 Å². The number of nitrogens with zero attached hydrogens (tertiary/aromatic N) is 5. The summed E-state index contributed by atoms with van der Waals surface area (Å²) in [4.78, 5) is 32.1. The van der Waals surface area contributed by atoms with Gasteiger partial charge in [-0.1, -0.05) is 0 Å². The van der Waals surface area contributed by atoms with E-state index in [4.69, 9.17) is 9.72 Å². The molecule has 12 heteroatoms. The number of halogens is 2. The van der Waals surface area contributed by atoms with E-state index in [1.807, 2.05) is 35.3 Å². The van der Waals surface area contributed by atoms with Crippen LogP contribution in [-0.2, 0) is 11.2 Å². The zero-order valence-electron chi connectivity index (χ0n) is 18.1. The van der Waals surface area contributed by atoms with E-state index < -0.39 is 0 Å². The first-order valence-electron chi connectivity index (χ1n) is 10.1. The molecule has 1 saturated heterocycles. The maximum absolute atomic E-state index is 13.3. The third kappa shape index (κ3) is 4.75. The van der Waals surface area contributed by atoms with Crippen LogP contribution in [0, 0.1) is 0 Å². The number of nitrogens with one attached hydrogen (secondary N) is 2. The van der Waals surface area contributed by atoms with Crippen molar-refractivity contribution in [3.8, 4) is 5.13 Å². The smallest absolute Gasteiger partial charge is 0.195 e. The molecule has 4 aromatic rings. The van der Waals surface area contributed by atoms with Gasteiger partial charge in [0, 0.05) is 62.4 Å². The molecule has 4 aromatic heterocycles. The first kappa shape index (κ1) is 25.1. The van der Waals surface area contributed by atoms with E-state index in [0.717, 1.165) is 29.9 Å². The van der Waals surface area contributed by atoms with Gasteiger partial charge in [0.05, 0.1) is 17.5 Å². The topological polar surface area (TPSA) is 101 Å². The van der Waals surface area contributed by atoms with Crippen molar-refractivity contribution in [3.05, 3.63) is 63.9 Å². The normalized spacial score (nSPS) is 17.7. The van der Waals surface area contributed by atoms with Crippen molar-refractivity contribution in [3.63, 3.8) is 0 Å². The molecule has 2 atom stereocenters. The number of anilines is 1. The highest BCUT2D eigenvalue weighted by atomic mass is 35.5. The Labute approximate surface area is 207 Å². The van der Waals surface area contributed by atoms with Gasteiger partial charge in [0.15, 0.2) is 16.2 Å². The lowest BCUT2D eigenvalue weighted by Gasteiger charge is -2.18. The van der Waals surface area contributed by atoms with E-state index in [2.05, 4.69) is 25.2 Å². The van der Waals surface area contributed by atoms with Gasteiger partial charge in [-0.05, 0) is 19.2 Å². The molecule has 33 heavy (non-hydrogen) atoms. The largest absolute Gasteiger partial charge is 0.378 e. The Morgan fingerprint density at radius 1 is 1.24 bits per heavy atom. The van der Waals surface area contributed by atoms with Crippen LogP contribution >= 0.6 is 36.2 Å². The average molecular weight is 510 g/mol. The van der Waals surface area contributed by atoms with E-state index in [1.54, 1.807) is 25.7 Å². The van der Waals surface area contributed by atoms with Crippen molar-refractivity contribution in [1.29, 1.82) is 0 Å². The zero-order chi connectivity index (χ0) is 21.4. The molecule has 1 aliphatic rings. The molecule has 176 valence electrons. The molecule has 1 fully saturated rings. The number of aromatic amines is 1. The Hall–Kier alpha value is -2.50. The quantitative estimate of drug-likeness (QED) is 0.411. The molecule has 1 aliphatic heterocycles. The number of thiazole rings is 1. The molecular weight excluding hydrogens is 485 g/mol. The summed E-state index contributed by atoms with van der Waals surface area (Å²) >= 11 is 1.50. The summed E-state index contributed by atoms with van der Waals surface area (Å²) in [7, 11) is 3.67. The molecule has 0 aromatic carbocycles. The third-order valence-electron chi connectivity index (χ3n) is 5.71. The highest BCUT2D eigenvalue weighted by molar-refractivity contribution is 7.12. The number of H-pyrrole nitrogens is 1. The summed E-state index contributed by atoms with van der Waals surface area (Å²) in [6.07, 6.45) is 7.53. The van der Waals surface area contributed by atoms with E-state index in [-0.39, 0.29) is 42.4 Å². The van der Waals surface area contributed by atoms with Crippen molar-refractivity contribution >= 4 is 53.0 Å². The summed E-state index contributed by atoms with van der Waals surface area (Å²) in [6.45, 7) is 1.52. The lowest BCUT2D eigenvalue weighted by Crippen LogP contribution is -2.37. The van der Waals surface area contributed by atoms with Gasteiger partial charge in [0.2, 0.25) is 0 Å². The lowest BCUT2D eigenvalue weighted by molar-refractivity contribution is 0.0996. The maximum Gasteiger partial charge on any atom is 0.195 e. The predicted molar refractivity (Wildman–Crippen MR) is 135 cm³/mol. The molecule has 0 unspecified atom stereocenters. The summed E-state index contributed by atoms with van der Waals surface area (Å²) < 4.78 is 7.52. The van der Waals surface area contributed by atoms with Crippen LogP contribution in [0.1, 0.15) is 11.4 Å². The van der Waals surface area contributed by atoms with Gasteiger partial charge in [-0.15, -0.1) is 36.2 Å². The summed E-state index contributed by atoms with van der Waals surface area (Å²) in [5, 5.41) is 6.55. The second-order valence-electron chi connectivity index (χ2n) is 7.50. The SMILES string of the molecule is CN[C@H]1CN(c2ccc3c(=O)c(Cc4ncc[nH]4)cn(-c4nccs4)c3n2)C[C@@H]1OC.Cl.Cl. The predicted octanol–water partition coefficient (Wildman–Crippen LogP) is 2.42. The summed E-state index contributed by atoms with van der Waals surface area (Å²) in [5.41, 5.74) is 1.20.